The summed E-state index contributed by atoms with van der Waals surface area (Å²) in [6.45, 7) is 2.75. The summed E-state index contributed by atoms with van der Waals surface area (Å²) in [5.41, 5.74) is 2.12. The van der Waals surface area contributed by atoms with Crippen LogP contribution in [0.15, 0.2) is 36.5 Å². The Morgan fingerprint density at radius 3 is 2.91 bits per heavy atom. The second kappa shape index (κ2) is 6.87. The molecule has 2 unspecified atom stereocenters. The van der Waals surface area contributed by atoms with Crippen LogP contribution >= 0.6 is 0 Å². The molecular weight excluding hydrogens is 290 g/mol. The Labute approximate surface area is 135 Å². The highest BCUT2D eigenvalue weighted by Gasteiger charge is 2.31. The predicted molar refractivity (Wildman–Crippen MR) is 89.0 cm³/mol. The maximum Gasteiger partial charge on any atom is 0.237 e. The van der Waals surface area contributed by atoms with Gasteiger partial charge in [-0.2, -0.15) is 0 Å². The van der Waals surface area contributed by atoms with Gasteiger partial charge in [0.2, 0.25) is 5.91 Å². The molecule has 1 aliphatic heterocycles. The fourth-order valence-electron chi connectivity index (χ4n) is 3.06. The first-order chi connectivity index (χ1) is 11.1. The zero-order chi connectivity index (χ0) is 16.2. The van der Waals surface area contributed by atoms with Crippen molar-refractivity contribution >= 4 is 22.6 Å². The highest BCUT2D eigenvalue weighted by atomic mass is 16.2. The third-order valence-electron chi connectivity index (χ3n) is 4.43. The average molecular weight is 311 g/mol. The number of fused-ring (bicyclic) bond motifs is 1. The highest BCUT2D eigenvalue weighted by molar-refractivity contribution is 5.85. The number of aromatic nitrogens is 1. The number of para-hydroxylation sites is 1. The molecule has 5 nitrogen and oxygen atoms in total. The molecule has 0 saturated carbocycles. The second-order valence-electron chi connectivity index (χ2n) is 6.04. The number of rotatable bonds is 5. The van der Waals surface area contributed by atoms with Crippen molar-refractivity contribution in [2.45, 2.75) is 25.8 Å². The maximum absolute atomic E-state index is 12.2. The Hall–Kier alpha value is -2.27. The third kappa shape index (κ3) is 3.56. The number of carbonyl (C=O) groups is 2. The van der Waals surface area contributed by atoms with Gasteiger partial charge in [0.15, 0.2) is 0 Å². The van der Waals surface area contributed by atoms with Crippen molar-refractivity contribution in [3.63, 3.8) is 0 Å². The summed E-state index contributed by atoms with van der Waals surface area (Å²) in [4.78, 5) is 27.9. The number of pyridine rings is 1. The minimum absolute atomic E-state index is 0.0260. The van der Waals surface area contributed by atoms with Gasteiger partial charge in [-0.1, -0.05) is 24.3 Å². The summed E-state index contributed by atoms with van der Waals surface area (Å²) in [6, 6.07) is 9.79. The number of carbonyl (C=O) groups excluding carboxylic acids is 2. The summed E-state index contributed by atoms with van der Waals surface area (Å²) < 4.78 is 0. The van der Waals surface area contributed by atoms with E-state index in [9.17, 15) is 9.59 Å². The van der Waals surface area contributed by atoms with Gasteiger partial charge >= 0.3 is 0 Å². The Bertz CT molecular complexity index is 724. The van der Waals surface area contributed by atoms with Gasteiger partial charge in [-0.05, 0) is 31.4 Å². The number of amides is 1. The molecule has 0 bridgehead atoms. The van der Waals surface area contributed by atoms with E-state index in [0.29, 0.717) is 19.5 Å². The van der Waals surface area contributed by atoms with Crippen molar-refractivity contribution in [1.82, 2.24) is 15.6 Å². The van der Waals surface area contributed by atoms with Crippen LogP contribution in [0.3, 0.4) is 0 Å². The zero-order valence-corrected chi connectivity index (χ0v) is 13.2. The Morgan fingerprint density at radius 2 is 2.13 bits per heavy atom. The van der Waals surface area contributed by atoms with Crippen molar-refractivity contribution in [2.75, 3.05) is 13.1 Å². The standard InChI is InChI=1S/C18H21N3O2/c1-12(22)15-10-16(21-11-15)18(23)20-9-7-14-5-2-4-13-6-3-8-19-17(13)14/h2-6,8,15-16,21H,7,9-11H2,1H3,(H,20,23). The number of hydrogen-bond donors (Lipinski definition) is 2. The predicted octanol–water partition coefficient (Wildman–Crippen LogP) is 1.46. The van der Waals surface area contributed by atoms with E-state index in [1.807, 2.05) is 30.3 Å². The van der Waals surface area contributed by atoms with Crippen molar-refractivity contribution in [3.8, 4) is 0 Å². The van der Waals surface area contributed by atoms with Gasteiger partial charge in [0.05, 0.1) is 11.6 Å². The van der Waals surface area contributed by atoms with Crippen LogP contribution in [0.1, 0.15) is 18.9 Å². The van der Waals surface area contributed by atoms with Crippen LogP contribution in [0, 0.1) is 5.92 Å². The van der Waals surface area contributed by atoms with Gasteiger partial charge in [0.25, 0.3) is 0 Å². The molecule has 1 aliphatic rings. The van der Waals surface area contributed by atoms with E-state index in [-0.39, 0.29) is 23.7 Å². The van der Waals surface area contributed by atoms with Crippen LogP contribution in [-0.4, -0.2) is 35.8 Å². The van der Waals surface area contributed by atoms with Gasteiger partial charge in [-0.3, -0.25) is 14.6 Å². The van der Waals surface area contributed by atoms with Crippen LogP contribution in [-0.2, 0) is 16.0 Å². The molecule has 1 saturated heterocycles. The summed E-state index contributed by atoms with van der Waals surface area (Å²) in [6.07, 6.45) is 3.12. The number of benzene rings is 1. The Morgan fingerprint density at radius 1 is 1.30 bits per heavy atom. The molecule has 3 rings (SSSR count). The lowest BCUT2D eigenvalue weighted by atomic mass is 10.0. The first-order valence-electron chi connectivity index (χ1n) is 7.99. The second-order valence-corrected chi connectivity index (χ2v) is 6.04. The summed E-state index contributed by atoms with van der Waals surface area (Å²) in [7, 11) is 0. The van der Waals surface area contributed by atoms with E-state index in [0.717, 1.165) is 22.9 Å². The van der Waals surface area contributed by atoms with E-state index >= 15 is 0 Å². The van der Waals surface area contributed by atoms with Crippen molar-refractivity contribution < 1.29 is 9.59 Å². The lowest BCUT2D eigenvalue weighted by Gasteiger charge is -2.12. The van der Waals surface area contributed by atoms with E-state index < -0.39 is 0 Å². The molecule has 0 spiro atoms. The number of ketones is 1. The minimum Gasteiger partial charge on any atom is -0.354 e. The van der Waals surface area contributed by atoms with Crippen LogP contribution in [0.25, 0.3) is 10.9 Å². The van der Waals surface area contributed by atoms with Gasteiger partial charge in [0.1, 0.15) is 5.78 Å². The fraction of sp³-hybridized carbons (Fsp3) is 0.389. The van der Waals surface area contributed by atoms with E-state index in [4.69, 9.17) is 0 Å². The lowest BCUT2D eigenvalue weighted by Crippen LogP contribution is -2.41. The number of nitrogens with one attached hydrogen (secondary N) is 2. The van der Waals surface area contributed by atoms with Crippen LogP contribution in [0.2, 0.25) is 0 Å². The molecular formula is C18H21N3O2. The van der Waals surface area contributed by atoms with E-state index in [1.54, 1.807) is 13.1 Å². The van der Waals surface area contributed by atoms with Gasteiger partial charge in [-0.15, -0.1) is 0 Å². The smallest absolute Gasteiger partial charge is 0.237 e. The Balaban J connectivity index is 1.55. The molecule has 2 heterocycles. The molecule has 1 amide bonds. The molecule has 120 valence electrons. The molecule has 23 heavy (non-hydrogen) atoms. The van der Waals surface area contributed by atoms with Gasteiger partial charge in [-0.25, -0.2) is 0 Å². The molecule has 2 atom stereocenters. The molecule has 1 aromatic heterocycles. The van der Waals surface area contributed by atoms with Gasteiger partial charge < -0.3 is 10.6 Å². The summed E-state index contributed by atoms with van der Waals surface area (Å²) in [5.74, 6) is 0.0876. The first kappa shape index (κ1) is 15.6. The van der Waals surface area contributed by atoms with Crippen LogP contribution < -0.4 is 10.6 Å². The molecule has 2 N–H and O–H groups in total. The lowest BCUT2D eigenvalue weighted by molar-refractivity contribution is -0.123. The normalized spacial score (nSPS) is 20.6. The maximum atomic E-state index is 12.2. The van der Waals surface area contributed by atoms with Crippen molar-refractivity contribution in [2.24, 2.45) is 5.92 Å². The molecule has 2 aromatic rings. The van der Waals surface area contributed by atoms with Crippen LogP contribution in [0.4, 0.5) is 0 Å². The highest BCUT2D eigenvalue weighted by Crippen LogP contribution is 2.17. The van der Waals surface area contributed by atoms with E-state index in [1.165, 1.54) is 0 Å². The Kier molecular flexibility index (Phi) is 4.67. The topological polar surface area (TPSA) is 71.1 Å². The zero-order valence-electron chi connectivity index (χ0n) is 13.2. The average Bonchev–Trinajstić information content (AvgIpc) is 3.05. The van der Waals surface area contributed by atoms with Crippen molar-refractivity contribution in [1.29, 1.82) is 0 Å². The molecule has 1 aromatic carbocycles. The third-order valence-corrected chi connectivity index (χ3v) is 4.43. The van der Waals surface area contributed by atoms with Crippen molar-refractivity contribution in [3.05, 3.63) is 42.1 Å². The van der Waals surface area contributed by atoms with Crippen LogP contribution in [0.5, 0.6) is 0 Å². The summed E-state index contributed by atoms with van der Waals surface area (Å²) >= 11 is 0. The molecule has 0 aliphatic carbocycles. The molecule has 1 fully saturated rings. The minimum atomic E-state index is -0.255. The molecule has 5 heteroatoms. The summed E-state index contributed by atoms with van der Waals surface area (Å²) in [5, 5.41) is 7.19. The largest absolute Gasteiger partial charge is 0.354 e. The number of nitrogens with zero attached hydrogens (tertiary/aromatic N) is 1. The number of hydrogen-bond acceptors (Lipinski definition) is 4. The first-order valence-corrected chi connectivity index (χ1v) is 7.99. The monoisotopic (exact) mass is 311 g/mol. The number of Topliss-reactive ketones (excluding diaryl/α,β-unsaturated/α-hetero) is 1. The molecule has 0 radical (unpaired) electrons. The SMILES string of the molecule is CC(=O)C1CNC(C(=O)NCCc2cccc3cccnc23)C1. The van der Waals surface area contributed by atoms with Gasteiger partial charge in [0, 0.05) is 30.6 Å². The quantitative estimate of drug-likeness (QED) is 0.877. The van der Waals surface area contributed by atoms with E-state index in [2.05, 4.69) is 15.6 Å². The fourth-order valence-corrected chi connectivity index (χ4v) is 3.06.